The van der Waals surface area contributed by atoms with Crippen LogP contribution in [0.3, 0.4) is 0 Å². The molecule has 0 spiro atoms. The molecule has 1 atom stereocenters. The van der Waals surface area contributed by atoms with Gasteiger partial charge in [0.25, 0.3) is 0 Å². The van der Waals surface area contributed by atoms with Crippen LogP contribution in [-0.4, -0.2) is 29.1 Å². The highest BCUT2D eigenvalue weighted by Crippen LogP contribution is 2.37. The first kappa shape index (κ1) is 20.4. The number of benzene rings is 1. The second kappa shape index (κ2) is 7.49. The predicted molar refractivity (Wildman–Crippen MR) is 100.0 cm³/mol. The lowest BCUT2D eigenvalue weighted by atomic mass is 9.99. The zero-order chi connectivity index (χ0) is 17.9. The van der Waals surface area contributed by atoms with Crippen molar-refractivity contribution in [2.75, 3.05) is 12.4 Å². The topological polar surface area (TPSA) is 43.4 Å². The lowest BCUT2D eigenvalue weighted by molar-refractivity contribution is 0.207. The number of hydrogen-bond donors (Lipinski definition) is 0. The fourth-order valence-corrected chi connectivity index (χ4v) is 4.84. The van der Waals surface area contributed by atoms with Crippen LogP contribution in [0.5, 0.6) is 0 Å². The predicted octanol–water partition coefficient (Wildman–Crippen LogP) is 4.75. The third-order valence-corrected chi connectivity index (χ3v) is 11.3. The molecule has 0 radical (unpaired) electrons. The van der Waals surface area contributed by atoms with E-state index < -0.39 is 18.2 Å². The molecular formula is C18H32O3SSi. The van der Waals surface area contributed by atoms with Gasteiger partial charge in [0.2, 0.25) is 0 Å². The molecule has 0 aliphatic rings. The highest BCUT2D eigenvalue weighted by molar-refractivity contribution is 7.91. The summed E-state index contributed by atoms with van der Waals surface area (Å²) in [5, 5.41) is 0.132. The van der Waals surface area contributed by atoms with Gasteiger partial charge in [-0.3, -0.25) is 0 Å². The van der Waals surface area contributed by atoms with Crippen LogP contribution in [0.25, 0.3) is 0 Å². The van der Waals surface area contributed by atoms with Crippen molar-refractivity contribution in [3.8, 4) is 0 Å². The maximum absolute atomic E-state index is 12.6. The molecule has 1 aromatic carbocycles. The van der Waals surface area contributed by atoms with E-state index in [-0.39, 0.29) is 22.6 Å². The van der Waals surface area contributed by atoms with Crippen LogP contribution in [-0.2, 0) is 14.3 Å². The summed E-state index contributed by atoms with van der Waals surface area (Å²) in [7, 11) is -5.14. The van der Waals surface area contributed by atoms with Gasteiger partial charge < -0.3 is 4.43 Å². The van der Waals surface area contributed by atoms with Crippen LogP contribution in [0.1, 0.15) is 34.6 Å². The lowest BCUT2D eigenvalue weighted by Gasteiger charge is -2.37. The van der Waals surface area contributed by atoms with Crippen molar-refractivity contribution in [2.45, 2.75) is 57.6 Å². The molecule has 0 heterocycles. The first-order chi connectivity index (χ1) is 10.4. The van der Waals surface area contributed by atoms with E-state index in [0.29, 0.717) is 11.5 Å². The Morgan fingerprint density at radius 1 is 1.09 bits per heavy atom. The summed E-state index contributed by atoms with van der Waals surface area (Å²) in [5.41, 5.74) is 0. The van der Waals surface area contributed by atoms with Gasteiger partial charge in [0, 0.05) is 6.61 Å². The highest BCUT2D eigenvalue weighted by atomic mass is 32.2. The van der Waals surface area contributed by atoms with Crippen LogP contribution in [0.2, 0.25) is 18.1 Å². The van der Waals surface area contributed by atoms with E-state index in [1.54, 1.807) is 24.3 Å². The molecule has 132 valence electrons. The van der Waals surface area contributed by atoms with Crippen LogP contribution < -0.4 is 0 Å². The molecule has 0 unspecified atom stereocenters. The van der Waals surface area contributed by atoms with Crippen molar-refractivity contribution in [1.29, 1.82) is 0 Å². The minimum atomic E-state index is -3.27. The summed E-state index contributed by atoms with van der Waals surface area (Å²) in [6.45, 7) is 15.7. The van der Waals surface area contributed by atoms with Crippen LogP contribution in [0.4, 0.5) is 0 Å². The molecule has 0 aliphatic carbocycles. The fraction of sp³-hybridized carbons (Fsp3) is 0.667. The van der Waals surface area contributed by atoms with E-state index in [4.69, 9.17) is 4.43 Å². The Hall–Kier alpha value is -0.653. The quantitative estimate of drug-likeness (QED) is 0.662. The summed E-state index contributed by atoms with van der Waals surface area (Å²) in [4.78, 5) is 0.401. The third-order valence-electron chi connectivity index (χ3n) is 4.94. The van der Waals surface area contributed by atoms with Crippen molar-refractivity contribution < 1.29 is 12.8 Å². The summed E-state index contributed by atoms with van der Waals surface area (Å²) < 4.78 is 31.5. The Morgan fingerprint density at radius 3 is 2.04 bits per heavy atom. The second-order valence-electron chi connectivity index (χ2n) is 8.17. The van der Waals surface area contributed by atoms with Gasteiger partial charge in [-0.25, -0.2) is 8.42 Å². The molecule has 0 fully saturated rings. The van der Waals surface area contributed by atoms with Crippen LogP contribution in [0, 0.1) is 11.8 Å². The molecule has 5 heteroatoms. The fourth-order valence-electron chi connectivity index (χ4n) is 1.97. The maximum atomic E-state index is 12.6. The monoisotopic (exact) mass is 356 g/mol. The Balaban J connectivity index is 2.85. The second-order valence-corrected chi connectivity index (χ2v) is 15.0. The van der Waals surface area contributed by atoms with Gasteiger partial charge in [-0.1, -0.05) is 52.8 Å². The zero-order valence-electron chi connectivity index (χ0n) is 15.6. The molecular weight excluding hydrogens is 324 g/mol. The van der Waals surface area contributed by atoms with E-state index in [0.717, 1.165) is 0 Å². The number of hydrogen-bond acceptors (Lipinski definition) is 3. The smallest absolute Gasteiger partial charge is 0.191 e. The molecule has 0 N–H and O–H groups in total. The van der Waals surface area contributed by atoms with Crippen molar-refractivity contribution in [2.24, 2.45) is 11.8 Å². The van der Waals surface area contributed by atoms with Crippen molar-refractivity contribution in [1.82, 2.24) is 0 Å². The van der Waals surface area contributed by atoms with Crippen LogP contribution >= 0.6 is 0 Å². The molecule has 1 rings (SSSR count). The summed E-state index contributed by atoms with van der Waals surface area (Å²) >= 11 is 0. The van der Waals surface area contributed by atoms with Crippen molar-refractivity contribution in [3.63, 3.8) is 0 Å². The van der Waals surface area contributed by atoms with E-state index in [1.807, 2.05) is 6.07 Å². The van der Waals surface area contributed by atoms with Gasteiger partial charge >= 0.3 is 0 Å². The Labute approximate surface area is 143 Å². The Kier molecular flexibility index (Phi) is 6.64. The molecule has 23 heavy (non-hydrogen) atoms. The van der Waals surface area contributed by atoms with Gasteiger partial charge in [-0.05, 0) is 42.1 Å². The third kappa shape index (κ3) is 5.73. The highest BCUT2D eigenvalue weighted by Gasteiger charge is 2.38. The van der Waals surface area contributed by atoms with Gasteiger partial charge in [0.1, 0.15) is 0 Å². The molecule has 0 amide bonds. The standard InChI is InChI=1S/C18H32O3SSi/c1-15(2)16(13-21-23(6,7)18(3,4)5)14-22(19,20)17-11-9-8-10-12-17/h8-12,15-16H,13-14H2,1-7H3/t16-/m0/s1. The van der Waals surface area contributed by atoms with Gasteiger partial charge in [0.05, 0.1) is 10.6 Å². The largest absolute Gasteiger partial charge is 0.417 e. The summed E-state index contributed by atoms with van der Waals surface area (Å²) in [6.07, 6.45) is 0. The van der Waals surface area contributed by atoms with Crippen molar-refractivity contribution in [3.05, 3.63) is 30.3 Å². The lowest BCUT2D eigenvalue weighted by Crippen LogP contribution is -2.43. The van der Waals surface area contributed by atoms with E-state index in [2.05, 4.69) is 47.7 Å². The molecule has 0 saturated heterocycles. The zero-order valence-corrected chi connectivity index (χ0v) is 17.4. The summed E-state index contributed by atoms with van der Waals surface area (Å²) in [5.74, 6) is 0.413. The van der Waals surface area contributed by atoms with E-state index in [1.165, 1.54) is 0 Å². The average molecular weight is 357 g/mol. The van der Waals surface area contributed by atoms with Crippen molar-refractivity contribution >= 4 is 18.2 Å². The Bertz CT molecular complexity index is 586. The molecule has 0 aliphatic heterocycles. The van der Waals surface area contributed by atoms with Gasteiger partial charge in [-0.2, -0.15) is 0 Å². The molecule has 1 aromatic rings. The number of sulfone groups is 1. The van der Waals surface area contributed by atoms with Gasteiger partial charge in [0.15, 0.2) is 18.2 Å². The molecule has 3 nitrogen and oxygen atoms in total. The minimum Gasteiger partial charge on any atom is -0.417 e. The molecule has 0 aromatic heterocycles. The average Bonchev–Trinajstić information content (AvgIpc) is 2.43. The van der Waals surface area contributed by atoms with E-state index in [9.17, 15) is 8.42 Å². The van der Waals surface area contributed by atoms with Crippen LogP contribution in [0.15, 0.2) is 35.2 Å². The summed E-state index contributed by atoms with van der Waals surface area (Å²) in [6, 6.07) is 8.70. The first-order valence-corrected chi connectivity index (χ1v) is 12.8. The normalized spacial score (nSPS) is 15.0. The minimum absolute atomic E-state index is 0.00864. The first-order valence-electron chi connectivity index (χ1n) is 8.28. The van der Waals surface area contributed by atoms with E-state index >= 15 is 0 Å². The molecule has 0 bridgehead atoms. The maximum Gasteiger partial charge on any atom is 0.191 e. The number of rotatable bonds is 7. The SMILES string of the molecule is CC(C)[C@@H](CO[Si](C)(C)C(C)(C)C)CS(=O)(=O)c1ccccc1. The Morgan fingerprint density at radius 2 is 1.61 bits per heavy atom. The molecule has 0 saturated carbocycles. The van der Waals surface area contributed by atoms with Gasteiger partial charge in [-0.15, -0.1) is 0 Å².